The number of nitrogens with zero attached hydrogens (tertiary/aromatic N) is 4. The molecule has 0 aliphatic heterocycles. The molecule has 1 N–H and O–H groups in total. The molecule has 0 bridgehead atoms. The topological polar surface area (TPSA) is 75.9 Å². The lowest BCUT2D eigenvalue weighted by Crippen LogP contribution is -2.17. The molecule has 0 amide bonds. The standard InChI is InChI=1S/C15H11N5OS/c21-15-18-14-11(9-4-1-5-10(9)22-14)13-17-12(19-20(13)15)8-3-2-6-16-7-8/h2-3,6-7H,1,4-5H2,(H,18,21). The Balaban J connectivity index is 1.90. The van der Waals surface area contributed by atoms with E-state index in [1.807, 2.05) is 12.1 Å². The Labute approximate surface area is 128 Å². The molecule has 22 heavy (non-hydrogen) atoms. The van der Waals surface area contributed by atoms with Crippen molar-refractivity contribution in [3.63, 3.8) is 0 Å². The second kappa shape index (κ2) is 4.23. The lowest BCUT2D eigenvalue weighted by Gasteiger charge is -1.95. The van der Waals surface area contributed by atoms with Crippen molar-refractivity contribution in [1.82, 2.24) is 24.6 Å². The van der Waals surface area contributed by atoms with Gasteiger partial charge in [-0.15, -0.1) is 16.4 Å². The van der Waals surface area contributed by atoms with E-state index < -0.39 is 0 Å². The molecule has 5 rings (SSSR count). The van der Waals surface area contributed by atoms with Gasteiger partial charge in [0.25, 0.3) is 0 Å². The van der Waals surface area contributed by atoms with Crippen LogP contribution in [0.5, 0.6) is 0 Å². The average molecular weight is 309 g/mol. The van der Waals surface area contributed by atoms with Crippen molar-refractivity contribution in [1.29, 1.82) is 0 Å². The number of rotatable bonds is 1. The third-order valence-electron chi connectivity index (χ3n) is 4.08. The number of nitrogens with one attached hydrogen (secondary N) is 1. The van der Waals surface area contributed by atoms with Crippen LogP contribution in [0.25, 0.3) is 27.3 Å². The normalized spacial score (nSPS) is 14.0. The molecule has 0 saturated heterocycles. The van der Waals surface area contributed by atoms with E-state index in [0.717, 1.165) is 28.6 Å². The molecule has 0 spiro atoms. The van der Waals surface area contributed by atoms with Gasteiger partial charge in [0.2, 0.25) is 0 Å². The number of hydrogen-bond acceptors (Lipinski definition) is 5. The summed E-state index contributed by atoms with van der Waals surface area (Å²) in [4.78, 5) is 26.2. The Morgan fingerprint density at radius 1 is 1.32 bits per heavy atom. The minimum absolute atomic E-state index is 0.245. The smallest absolute Gasteiger partial charge is 0.297 e. The summed E-state index contributed by atoms with van der Waals surface area (Å²) in [6.07, 6.45) is 6.72. The van der Waals surface area contributed by atoms with E-state index in [4.69, 9.17) is 0 Å². The van der Waals surface area contributed by atoms with E-state index in [-0.39, 0.29) is 5.69 Å². The van der Waals surface area contributed by atoms with Crippen molar-refractivity contribution < 1.29 is 0 Å². The van der Waals surface area contributed by atoms with Gasteiger partial charge < -0.3 is 0 Å². The zero-order chi connectivity index (χ0) is 14.7. The summed E-state index contributed by atoms with van der Waals surface area (Å²) in [5, 5.41) is 5.42. The highest BCUT2D eigenvalue weighted by Gasteiger charge is 2.22. The van der Waals surface area contributed by atoms with E-state index in [2.05, 4.69) is 20.1 Å². The fourth-order valence-corrected chi connectivity index (χ4v) is 4.39. The van der Waals surface area contributed by atoms with E-state index >= 15 is 0 Å². The van der Waals surface area contributed by atoms with Crippen molar-refractivity contribution >= 4 is 27.2 Å². The van der Waals surface area contributed by atoms with Gasteiger partial charge in [-0.3, -0.25) is 9.97 Å². The Hall–Kier alpha value is -2.54. The molecule has 0 fully saturated rings. The molecule has 1 aliphatic carbocycles. The van der Waals surface area contributed by atoms with Crippen LogP contribution in [0, 0.1) is 0 Å². The molecule has 4 aromatic heterocycles. The Bertz CT molecular complexity index is 1080. The van der Waals surface area contributed by atoms with Gasteiger partial charge >= 0.3 is 5.69 Å². The van der Waals surface area contributed by atoms with Crippen LogP contribution in [0.2, 0.25) is 0 Å². The van der Waals surface area contributed by atoms with E-state index in [9.17, 15) is 4.79 Å². The number of aromatic nitrogens is 5. The number of H-pyrrole nitrogens is 1. The second-order valence-corrected chi connectivity index (χ2v) is 6.51. The number of fused-ring (bicyclic) bond motifs is 5. The summed E-state index contributed by atoms with van der Waals surface area (Å²) < 4.78 is 1.37. The molecule has 6 nitrogen and oxygen atoms in total. The van der Waals surface area contributed by atoms with Gasteiger partial charge in [0, 0.05) is 22.8 Å². The van der Waals surface area contributed by atoms with Gasteiger partial charge in [0.15, 0.2) is 11.5 Å². The molecule has 1 aliphatic rings. The maximum Gasteiger partial charge on any atom is 0.349 e. The number of pyridine rings is 1. The summed E-state index contributed by atoms with van der Waals surface area (Å²) >= 11 is 1.67. The van der Waals surface area contributed by atoms with Crippen LogP contribution in [0.15, 0.2) is 29.3 Å². The van der Waals surface area contributed by atoms with Crippen molar-refractivity contribution in [2.45, 2.75) is 19.3 Å². The van der Waals surface area contributed by atoms with Crippen molar-refractivity contribution in [2.24, 2.45) is 0 Å². The first-order chi connectivity index (χ1) is 10.8. The monoisotopic (exact) mass is 309 g/mol. The molecule has 7 heteroatoms. The molecule has 0 aromatic carbocycles. The number of thiophene rings is 1. The van der Waals surface area contributed by atoms with Crippen LogP contribution in [-0.4, -0.2) is 24.6 Å². The molecular weight excluding hydrogens is 298 g/mol. The Kier molecular flexibility index (Phi) is 2.32. The van der Waals surface area contributed by atoms with Gasteiger partial charge in [-0.25, -0.2) is 9.78 Å². The van der Waals surface area contributed by atoms with Crippen LogP contribution in [-0.2, 0) is 12.8 Å². The lowest BCUT2D eigenvalue weighted by molar-refractivity contribution is 0.884. The highest BCUT2D eigenvalue weighted by molar-refractivity contribution is 7.19. The first kappa shape index (κ1) is 12.0. The van der Waals surface area contributed by atoms with Gasteiger partial charge in [-0.1, -0.05) is 0 Å². The zero-order valence-electron chi connectivity index (χ0n) is 11.5. The number of hydrogen-bond donors (Lipinski definition) is 1. The van der Waals surface area contributed by atoms with Crippen LogP contribution in [0.3, 0.4) is 0 Å². The minimum atomic E-state index is -0.245. The fraction of sp³-hybridized carbons (Fsp3) is 0.200. The van der Waals surface area contributed by atoms with Crippen molar-refractivity contribution in [2.75, 3.05) is 0 Å². The third-order valence-corrected chi connectivity index (χ3v) is 5.29. The summed E-state index contributed by atoms with van der Waals surface area (Å²) in [5.74, 6) is 0.532. The summed E-state index contributed by atoms with van der Waals surface area (Å²) in [5.41, 5.74) is 2.54. The van der Waals surface area contributed by atoms with Crippen LogP contribution < -0.4 is 5.69 Å². The largest absolute Gasteiger partial charge is 0.349 e. The SMILES string of the molecule is O=c1[nH]c2sc3c(c2c2nc(-c4cccnc4)nn12)CCC3. The number of aromatic amines is 1. The average Bonchev–Trinajstić information content (AvgIpc) is 3.21. The fourth-order valence-electron chi connectivity index (χ4n) is 3.11. The Morgan fingerprint density at radius 2 is 2.27 bits per heavy atom. The predicted molar refractivity (Wildman–Crippen MR) is 84.2 cm³/mol. The van der Waals surface area contributed by atoms with E-state index in [1.165, 1.54) is 21.4 Å². The summed E-state index contributed by atoms with van der Waals surface area (Å²) in [7, 11) is 0. The van der Waals surface area contributed by atoms with Crippen molar-refractivity contribution in [3.05, 3.63) is 45.5 Å². The van der Waals surface area contributed by atoms with Gasteiger partial charge in [-0.2, -0.15) is 4.52 Å². The lowest BCUT2D eigenvalue weighted by atomic mass is 10.2. The maximum absolute atomic E-state index is 12.3. The third kappa shape index (κ3) is 1.54. The van der Waals surface area contributed by atoms with Gasteiger partial charge in [-0.05, 0) is 37.0 Å². The molecule has 108 valence electrons. The molecule has 0 atom stereocenters. The molecular formula is C15H11N5OS. The number of aryl methyl sites for hydroxylation is 2. The minimum Gasteiger partial charge on any atom is -0.297 e. The first-order valence-corrected chi connectivity index (χ1v) is 7.96. The molecule has 0 saturated carbocycles. The molecule has 0 unspecified atom stereocenters. The van der Waals surface area contributed by atoms with Crippen LogP contribution in [0.4, 0.5) is 0 Å². The highest BCUT2D eigenvalue weighted by Crippen LogP contribution is 2.37. The summed E-state index contributed by atoms with van der Waals surface area (Å²) in [6, 6.07) is 3.73. The van der Waals surface area contributed by atoms with Crippen molar-refractivity contribution in [3.8, 4) is 11.4 Å². The highest BCUT2D eigenvalue weighted by atomic mass is 32.1. The van der Waals surface area contributed by atoms with Gasteiger partial charge in [0.1, 0.15) is 4.83 Å². The van der Waals surface area contributed by atoms with Gasteiger partial charge in [0.05, 0.1) is 5.39 Å². The molecule has 4 heterocycles. The van der Waals surface area contributed by atoms with Crippen LogP contribution >= 0.6 is 11.3 Å². The molecule has 0 radical (unpaired) electrons. The molecule has 4 aromatic rings. The summed E-state index contributed by atoms with van der Waals surface area (Å²) in [6.45, 7) is 0. The van der Waals surface area contributed by atoms with Crippen LogP contribution in [0.1, 0.15) is 16.9 Å². The van der Waals surface area contributed by atoms with E-state index in [0.29, 0.717) is 11.5 Å². The first-order valence-electron chi connectivity index (χ1n) is 7.15. The quantitative estimate of drug-likeness (QED) is 0.585. The second-order valence-electron chi connectivity index (χ2n) is 5.40. The maximum atomic E-state index is 12.3. The Morgan fingerprint density at radius 3 is 3.14 bits per heavy atom. The van der Waals surface area contributed by atoms with E-state index in [1.54, 1.807) is 23.7 Å². The zero-order valence-corrected chi connectivity index (χ0v) is 12.4. The predicted octanol–water partition coefficient (Wildman–Crippen LogP) is 2.18.